The van der Waals surface area contributed by atoms with Crippen molar-refractivity contribution in [1.82, 2.24) is 19.7 Å². The molecular weight excluding hydrogens is 350 g/mol. The van der Waals surface area contributed by atoms with E-state index in [4.69, 9.17) is 21.6 Å². The predicted molar refractivity (Wildman–Crippen MR) is 99.2 cm³/mol. The van der Waals surface area contributed by atoms with Crippen molar-refractivity contribution in [2.75, 3.05) is 19.7 Å². The average molecular weight is 368 g/mol. The quantitative estimate of drug-likeness (QED) is 0.765. The first-order valence-electron chi connectivity index (χ1n) is 8.63. The van der Waals surface area contributed by atoms with E-state index in [2.05, 4.69) is 21.4 Å². The van der Waals surface area contributed by atoms with Crippen LogP contribution in [0.1, 0.15) is 18.4 Å². The summed E-state index contributed by atoms with van der Waals surface area (Å²) in [5.74, 6) is 0.943. The van der Waals surface area contributed by atoms with E-state index >= 15 is 0 Å². The van der Waals surface area contributed by atoms with Crippen LogP contribution >= 0.6 is 11.6 Å². The van der Waals surface area contributed by atoms with E-state index in [0.717, 1.165) is 31.5 Å². The van der Waals surface area contributed by atoms with Crippen molar-refractivity contribution in [1.29, 1.82) is 5.26 Å². The number of fused-ring (bicyclic) bond motifs is 1. The van der Waals surface area contributed by atoms with Gasteiger partial charge in [-0.1, -0.05) is 23.7 Å². The molecule has 6 nitrogen and oxygen atoms in total. The molecule has 0 radical (unpaired) electrons. The minimum atomic E-state index is 0.467. The van der Waals surface area contributed by atoms with Gasteiger partial charge in [-0.2, -0.15) is 5.26 Å². The summed E-state index contributed by atoms with van der Waals surface area (Å²) in [5, 5.41) is 12.8. The smallest absolute Gasteiger partial charge is 0.259 e. The molecule has 0 bridgehead atoms. The Labute approximate surface area is 156 Å². The van der Waals surface area contributed by atoms with Crippen molar-refractivity contribution < 1.29 is 4.74 Å². The molecule has 26 heavy (non-hydrogen) atoms. The van der Waals surface area contributed by atoms with Crippen LogP contribution in [0.2, 0.25) is 5.15 Å². The fourth-order valence-electron chi connectivity index (χ4n) is 3.18. The van der Waals surface area contributed by atoms with E-state index in [0.29, 0.717) is 40.5 Å². The van der Waals surface area contributed by atoms with Gasteiger partial charge < -0.3 is 10.1 Å². The summed E-state index contributed by atoms with van der Waals surface area (Å²) < 4.78 is 7.81. The summed E-state index contributed by atoms with van der Waals surface area (Å²) in [5.41, 5.74) is 2.64. The predicted octanol–water partition coefficient (Wildman–Crippen LogP) is 3.30. The minimum Gasteiger partial charge on any atom is -0.475 e. The molecule has 0 unspecified atom stereocenters. The topological polar surface area (TPSA) is 75.2 Å². The monoisotopic (exact) mass is 367 g/mol. The third kappa shape index (κ3) is 3.24. The Balaban J connectivity index is 1.69. The van der Waals surface area contributed by atoms with E-state index in [1.807, 2.05) is 12.1 Å². The van der Waals surface area contributed by atoms with Gasteiger partial charge in [0.2, 0.25) is 5.65 Å². The molecule has 1 fully saturated rings. The largest absolute Gasteiger partial charge is 0.475 e. The minimum absolute atomic E-state index is 0.467. The van der Waals surface area contributed by atoms with Crippen LogP contribution in [0.3, 0.4) is 0 Å². The molecule has 0 aliphatic carbocycles. The van der Waals surface area contributed by atoms with Crippen LogP contribution in [0.25, 0.3) is 16.9 Å². The molecule has 1 aromatic carbocycles. The van der Waals surface area contributed by atoms with Crippen LogP contribution < -0.4 is 10.1 Å². The van der Waals surface area contributed by atoms with Gasteiger partial charge in [0, 0.05) is 30.4 Å². The van der Waals surface area contributed by atoms with Gasteiger partial charge in [0.1, 0.15) is 10.8 Å². The average Bonchev–Trinajstić information content (AvgIpc) is 3.19. The number of imidazole rings is 1. The van der Waals surface area contributed by atoms with E-state index in [9.17, 15) is 0 Å². The number of hydrogen-bond donors (Lipinski definition) is 1. The number of rotatable bonds is 4. The van der Waals surface area contributed by atoms with Crippen molar-refractivity contribution >= 4 is 17.2 Å². The van der Waals surface area contributed by atoms with Crippen LogP contribution in [0.4, 0.5) is 0 Å². The lowest BCUT2D eigenvalue weighted by molar-refractivity contribution is 0.213. The molecule has 1 aliphatic rings. The highest BCUT2D eigenvalue weighted by atomic mass is 35.5. The molecule has 7 heteroatoms. The van der Waals surface area contributed by atoms with Crippen molar-refractivity contribution in [3.63, 3.8) is 0 Å². The second kappa shape index (κ2) is 7.32. The summed E-state index contributed by atoms with van der Waals surface area (Å²) in [6.07, 6.45) is 5.78. The van der Waals surface area contributed by atoms with E-state index in [-0.39, 0.29) is 0 Å². The van der Waals surface area contributed by atoms with Gasteiger partial charge in [-0.05, 0) is 31.5 Å². The lowest BCUT2D eigenvalue weighted by atomic mass is 10.0. The highest BCUT2D eigenvalue weighted by molar-refractivity contribution is 6.32. The maximum absolute atomic E-state index is 8.98. The number of ether oxygens (including phenoxy) is 1. The van der Waals surface area contributed by atoms with Crippen molar-refractivity contribution in [2.24, 2.45) is 5.92 Å². The molecule has 1 aliphatic heterocycles. The molecule has 4 rings (SSSR count). The molecular formula is C19H18ClN5O. The zero-order valence-electron chi connectivity index (χ0n) is 14.2. The number of nitriles is 1. The Bertz CT molecular complexity index is 954. The van der Waals surface area contributed by atoms with Gasteiger partial charge in [-0.15, -0.1) is 0 Å². The first-order chi connectivity index (χ1) is 12.8. The highest BCUT2D eigenvalue weighted by Crippen LogP contribution is 2.31. The summed E-state index contributed by atoms with van der Waals surface area (Å²) in [6.45, 7) is 2.63. The zero-order valence-corrected chi connectivity index (χ0v) is 14.9. The summed E-state index contributed by atoms with van der Waals surface area (Å²) in [7, 11) is 0. The van der Waals surface area contributed by atoms with Gasteiger partial charge >= 0.3 is 0 Å². The third-order valence-electron chi connectivity index (χ3n) is 4.59. The number of nitrogens with one attached hydrogen (secondary N) is 1. The van der Waals surface area contributed by atoms with Crippen molar-refractivity contribution in [3.05, 3.63) is 47.4 Å². The summed E-state index contributed by atoms with van der Waals surface area (Å²) in [4.78, 5) is 8.98. The number of piperidine rings is 1. The van der Waals surface area contributed by atoms with Crippen LogP contribution in [0.15, 0.2) is 36.7 Å². The second-order valence-corrected chi connectivity index (χ2v) is 6.75. The molecule has 1 N–H and O–H groups in total. The Morgan fingerprint density at radius 3 is 2.92 bits per heavy atom. The lowest BCUT2D eigenvalue weighted by Gasteiger charge is -2.22. The van der Waals surface area contributed by atoms with Gasteiger partial charge in [0.15, 0.2) is 0 Å². The SMILES string of the molecule is N#Cc1ccc(-c2nc(OC[C@@H]3CCCNC3)c3nccn3c2Cl)cc1. The van der Waals surface area contributed by atoms with E-state index in [1.54, 1.807) is 28.9 Å². The highest BCUT2D eigenvalue weighted by Gasteiger charge is 2.19. The molecule has 1 atom stereocenters. The summed E-state index contributed by atoms with van der Waals surface area (Å²) in [6, 6.07) is 9.29. The molecule has 3 heterocycles. The first kappa shape index (κ1) is 16.8. The maximum Gasteiger partial charge on any atom is 0.259 e. The molecule has 0 amide bonds. The number of halogens is 1. The zero-order chi connectivity index (χ0) is 17.9. The van der Waals surface area contributed by atoms with E-state index in [1.165, 1.54) is 0 Å². The normalized spacial score (nSPS) is 17.2. The number of hydrogen-bond acceptors (Lipinski definition) is 5. The molecule has 1 saturated heterocycles. The van der Waals surface area contributed by atoms with Crippen molar-refractivity contribution in [2.45, 2.75) is 12.8 Å². The lowest BCUT2D eigenvalue weighted by Crippen LogP contribution is -2.33. The van der Waals surface area contributed by atoms with Crippen LogP contribution in [-0.2, 0) is 0 Å². The molecule has 132 valence electrons. The maximum atomic E-state index is 8.98. The molecule has 3 aromatic rings. The van der Waals surface area contributed by atoms with Crippen LogP contribution in [-0.4, -0.2) is 34.1 Å². The van der Waals surface area contributed by atoms with Gasteiger partial charge in [0.25, 0.3) is 5.88 Å². The Kier molecular flexibility index (Phi) is 4.74. The summed E-state index contributed by atoms with van der Waals surface area (Å²) >= 11 is 6.54. The number of aromatic nitrogens is 3. The fourth-order valence-corrected chi connectivity index (χ4v) is 3.47. The first-order valence-corrected chi connectivity index (χ1v) is 9.00. The fraction of sp³-hybridized carbons (Fsp3) is 0.316. The molecule has 0 saturated carbocycles. The number of benzene rings is 1. The number of nitrogens with zero attached hydrogens (tertiary/aromatic N) is 4. The standard InChI is InChI=1S/C19H18ClN5O/c20-17-16(15-5-3-13(10-21)4-6-15)24-19(18-23-8-9-25(17)18)26-12-14-2-1-7-22-11-14/h3-6,8-9,14,22H,1-2,7,11-12H2/t14-/m1/s1. The Morgan fingerprint density at radius 2 is 2.19 bits per heavy atom. The van der Waals surface area contributed by atoms with Crippen molar-refractivity contribution in [3.8, 4) is 23.2 Å². The second-order valence-electron chi connectivity index (χ2n) is 6.39. The van der Waals surface area contributed by atoms with Gasteiger partial charge in [0.05, 0.1) is 18.2 Å². The van der Waals surface area contributed by atoms with Crippen LogP contribution in [0.5, 0.6) is 5.88 Å². The van der Waals surface area contributed by atoms with Crippen LogP contribution in [0, 0.1) is 17.2 Å². The Hall–Kier alpha value is -2.62. The molecule has 0 spiro atoms. The van der Waals surface area contributed by atoms with E-state index < -0.39 is 0 Å². The third-order valence-corrected chi connectivity index (χ3v) is 4.96. The van der Waals surface area contributed by atoms with Gasteiger partial charge in [-0.25, -0.2) is 9.97 Å². The Morgan fingerprint density at radius 1 is 1.35 bits per heavy atom. The van der Waals surface area contributed by atoms with Gasteiger partial charge in [-0.3, -0.25) is 4.40 Å². The molecule has 2 aromatic heterocycles.